The highest BCUT2D eigenvalue weighted by Gasteiger charge is 2.25. The van der Waals surface area contributed by atoms with Crippen LogP contribution in [0.15, 0.2) is 22.0 Å². The van der Waals surface area contributed by atoms with Crippen LogP contribution in [0.3, 0.4) is 0 Å². The highest BCUT2D eigenvalue weighted by Crippen LogP contribution is 2.42. The average molecular weight is 269 g/mol. The number of hydrogen-bond donors (Lipinski definition) is 1. The third-order valence-corrected chi connectivity index (χ3v) is 4.54. The molecule has 17 heavy (non-hydrogen) atoms. The molecule has 0 heterocycles. The summed E-state index contributed by atoms with van der Waals surface area (Å²) in [5, 5.41) is 0.880. The number of thiol groups is 1. The first-order chi connectivity index (χ1) is 7.57. The zero-order valence-corrected chi connectivity index (χ0v) is 12.9. The van der Waals surface area contributed by atoms with E-state index in [1.165, 1.54) is 0 Å². The van der Waals surface area contributed by atoms with Gasteiger partial charge in [0.05, 0.1) is 5.69 Å². The molecule has 4 heteroatoms. The SMILES string of the molecule is C=Nc1cc(P(C)(C)=O)c(C(C)(C)C)cc1S. The molecule has 0 aliphatic carbocycles. The average Bonchev–Trinajstić information content (AvgIpc) is 2.14. The molecular weight excluding hydrogens is 249 g/mol. The van der Waals surface area contributed by atoms with E-state index in [0.717, 1.165) is 15.8 Å². The normalized spacial score (nSPS) is 12.6. The quantitative estimate of drug-likeness (QED) is 0.493. The van der Waals surface area contributed by atoms with Crippen LogP contribution in [-0.2, 0) is 9.98 Å². The van der Waals surface area contributed by atoms with Crippen LogP contribution >= 0.6 is 19.8 Å². The Morgan fingerprint density at radius 2 is 1.82 bits per heavy atom. The molecule has 1 rings (SSSR count). The van der Waals surface area contributed by atoms with Crippen molar-refractivity contribution in [3.8, 4) is 0 Å². The zero-order valence-electron chi connectivity index (χ0n) is 11.1. The molecule has 0 aromatic heterocycles. The van der Waals surface area contributed by atoms with Gasteiger partial charge in [0, 0.05) is 10.2 Å². The lowest BCUT2D eigenvalue weighted by Gasteiger charge is -2.25. The monoisotopic (exact) mass is 269 g/mol. The maximum absolute atomic E-state index is 12.4. The van der Waals surface area contributed by atoms with Crippen LogP contribution < -0.4 is 5.30 Å². The summed E-state index contributed by atoms with van der Waals surface area (Å²) in [6, 6.07) is 3.82. The van der Waals surface area contributed by atoms with Crippen molar-refractivity contribution in [2.75, 3.05) is 13.3 Å². The molecular formula is C13H20NOPS. The standard InChI is InChI=1S/C13H20NOPS/c1-13(2,3)9-7-12(17)10(14-4)8-11(9)16(5,6)15/h7-8,17H,4H2,1-3,5-6H3. The molecule has 0 saturated heterocycles. The Balaban J connectivity index is 3.65. The summed E-state index contributed by atoms with van der Waals surface area (Å²) in [4.78, 5) is 4.70. The van der Waals surface area contributed by atoms with Gasteiger partial charge in [0.25, 0.3) is 0 Å². The molecule has 0 spiro atoms. The molecule has 0 bridgehead atoms. The molecule has 0 aliphatic rings. The summed E-state index contributed by atoms with van der Waals surface area (Å²) in [5.74, 6) is 0. The van der Waals surface area contributed by atoms with E-state index >= 15 is 0 Å². The lowest BCUT2D eigenvalue weighted by molar-refractivity contribution is 0.579. The van der Waals surface area contributed by atoms with Crippen LogP contribution in [0.25, 0.3) is 0 Å². The lowest BCUT2D eigenvalue weighted by atomic mass is 9.87. The van der Waals surface area contributed by atoms with E-state index in [4.69, 9.17) is 0 Å². The number of rotatable bonds is 2. The number of hydrogen-bond acceptors (Lipinski definition) is 3. The van der Waals surface area contributed by atoms with Gasteiger partial charge in [0.15, 0.2) is 0 Å². The van der Waals surface area contributed by atoms with E-state index < -0.39 is 7.14 Å². The maximum atomic E-state index is 12.4. The number of aliphatic imine (C=N–C) groups is 1. The van der Waals surface area contributed by atoms with Crippen LogP contribution in [0.4, 0.5) is 5.69 Å². The Morgan fingerprint density at radius 1 is 1.29 bits per heavy atom. The second-order valence-corrected chi connectivity index (χ2v) is 9.28. The molecule has 94 valence electrons. The highest BCUT2D eigenvalue weighted by atomic mass is 32.1. The Hall–Kier alpha value is -0.530. The molecule has 0 fully saturated rings. The van der Waals surface area contributed by atoms with Gasteiger partial charge in [-0.2, -0.15) is 0 Å². The van der Waals surface area contributed by atoms with Crippen molar-refractivity contribution in [2.24, 2.45) is 4.99 Å². The Labute approximate surface area is 109 Å². The van der Waals surface area contributed by atoms with Gasteiger partial charge in [-0.1, -0.05) is 20.8 Å². The van der Waals surface area contributed by atoms with E-state index in [-0.39, 0.29) is 5.41 Å². The second-order valence-electron chi connectivity index (χ2n) is 5.62. The van der Waals surface area contributed by atoms with E-state index in [1.807, 2.05) is 12.1 Å². The van der Waals surface area contributed by atoms with Crippen LogP contribution in [0.5, 0.6) is 0 Å². The molecule has 0 aliphatic heterocycles. The van der Waals surface area contributed by atoms with Crippen molar-refractivity contribution in [3.63, 3.8) is 0 Å². The zero-order chi connectivity index (χ0) is 13.4. The van der Waals surface area contributed by atoms with Crippen LogP contribution in [0.2, 0.25) is 0 Å². The minimum absolute atomic E-state index is 0.0613. The molecule has 0 N–H and O–H groups in total. The fourth-order valence-corrected chi connectivity index (χ4v) is 3.42. The van der Waals surface area contributed by atoms with Gasteiger partial charge < -0.3 is 4.57 Å². The smallest absolute Gasteiger partial charge is 0.110 e. The molecule has 0 saturated carbocycles. The van der Waals surface area contributed by atoms with E-state index in [1.54, 1.807) is 13.3 Å². The first-order valence-corrected chi connectivity index (χ1v) is 8.52. The molecule has 0 radical (unpaired) electrons. The Kier molecular flexibility index (Phi) is 3.95. The Bertz CT molecular complexity index is 497. The van der Waals surface area contributed by atoms with Crippen molar-refractivity contribution in [1.29, 1.82) is 0 Å². The summed E-state index contributed by atoms with van der Waals surface area (Å²) < 4.78 is 12.4. The van der Waals surface area contributed by atoms with E-state index in [0.29, 0.717) is 5.69 Å². The minimum Gasteiger partial charge on any atom is -0.319 e. The third kappa shape index (κ3) is 3.23. The first-order valence-electron chi connectivity index (χ1n) is 5.47. The van der Waals surface area contributed by atoms with E-state index in [9.17, 15) is 4.57 Å². The van der Waals surface area contributed by atoms with Gasteiger partial charge in [0.2, 0.25) is 0 Å². The van der Waals surface area contributed by atoms with E-state index in [2.05, 4.69) is 45.1 Å². The van der Waals surface area contributed by atoms with Crippen molar-refractivity contribution < 1.29 is 4.57 Å². The predicted octanol–water partition coefficient (Wildman–Crippen LogP) is 3.85. The van der Waals surface area contributed by atoms with Gasteiger partial charge in [-0.15, -0.1) is 12.6 Å². The van der Waals surface area contributed by atoms with Crippen molar-refractivity contribution in [1.82, 2.24) is 0 Å². The first kappa shape index (κ1) is 14.5. The summed E-state index contributed by atoms with van der Waals surface area (Å²) in [5.41, 5.74) is 1.71. The van der Waals surface area contributed by atoms with Crippen molar-refractivity contribution >= 4 is 37.5 Å². The van der Waals surface area contributed by atoms with Crippen molar-refractivity contribution in [3.05, 3.63) is 17.7 Å². The van der Waals surface area contributed by atoms with Gasteiger partial charge >= 0.3 is 0 Å². The van der Waals surface area contributed by atoms with Crippen LogP contribution in [0, 0.1) is 0 Å². The Morgan fingerprint density at radius 3 is 2.18 bits per heavy atom. The molecule has 1 aromatic carbocycles. The molecule has 1 aromatic rings. The topological polar surface area (TPSA) is 29.4 Å². The molecule has 2 nitrogen and oxygen atoms in total. The van der Waals surface area contributed by atoms with Gasteiger partial charge in [-0.05, 0) is 43.2 Å². The fraction of sp³-hybridized carbons (Fsp3) is 0.462. The van der Waals surface area contributed by atoms with Gasteiger partial charge in [-0.3, -0.25) is 4.99 Å². The summed E-state index contributed by atoms with van der Waals surface area (Å²) in [6.07, 6.45) is 0. The molecule has 0 amide bonds. The largest absolute Gasteiger partial charge is 0.319 e. The lowest BCUT2D eigenvalue weighted by Crippen LogP contribution is -2.22. The molecule has 0 unspecified atom stereocenters. The van der Waals surface area contributed by atoms with Gasteiger partial charge in [0.1, 0.15) is 7.14 Å². The maximum Gasteiger partial charge on any atom is 0.110 e. The van der Waals surface area contributed by atoms with Crippen molar-refractivity contribution in [2.45, 2.75) is 31.1 Å². The fourth-order valence-electron chi connectivity index (χ4n) is 1.74. The summed E-state index contributed by atoms with van der Waals surface area (Å²) in [7, 11) is -2.33. The predicted molar refractivity (Wildman–Crippen MR) is 80.7 cm³/mol. The highest BCUT2D eigenvalue weighted by molar-refractivity contribution is 7.80. The van der Waals surface area contributed by atoms with Crippen LogP contribution in [-0.4, -0.2) is 20.0 Å². The number of nitrogens with zero attached hydrogens (tertiary/aromatic N) is 1. The second kappa shape index (κ2) is 4.62. The van der Waals surface area contributed by atoms with Crippen LogP contribution in [0.1, 0.15) is 26.3 Å². The molecule has 0 atom stereocenters. The van der Waals surface area contributed by atoms with Gasteiger partial charge in [-0.25, -0.2) is 0 Å². The minimum atomic E-state index is -2.33. The number of benzene rings is 1. The summed E-state index contributed by atoms with van der Waals surface area (Å²) >= 11 is 4.40. The third-order valence-electron chi connectivity index (χ3n) is 2.65. The summed E-state index contributed by atoms with van der Waals surface area (Å²) in [6.45, 7) is 13.4.